The van der Waals surface area contributed by atoms with Crippen molar-refractivity contribution in [3.05, 3.63) is 18.2 Å². The van der Waals surface area contributed by atoms with Crippen molar-refractivity contribution in [2.45, 2.75) is 12.1 Å². The minimum Gasteiger partial charge on any atom is -0.497 e. The Morgan fingerprint density at radius 1 is 1.38 bits per heavy atom. The van der Waals surface area contributed by atoms with Crippen LogP contribution in [0.25, 0.3) is 0 Å². The monoisotopic (exact) mass is 296 g/mol. The third kappa shape index (κ3) is 3.37. The number of anilines is 1. The molecule has 2 atom stereocenters. The number of urea groups is 1. The maximum Gasteiger partial charge on any atom is 0.322 e. The Hall–Kier alpha value is -1.99. The third-order valence-electron chi connectivity index (χ3n) is 3.49. The van der Waals surface area contributed by atoms with Crippen LogP contribution in [0.2, 0.25) is 0 Å². The Morgan fingerprint density at radius 2 is 2.14 bits per heavy atom. The summed E-state index contributed by atoms with van der Waals surface area (Å²) in [6.45, 7) is 0.561. The van der Waals surface area contributed by atoms with Crippen molar-refractivity contribution < 1.29 is 24.1 Å². The molecule has 116 valence electrons. The minimum absolute atomic E-state index is 0.241. The molecule has 0 saturated carbocycles. The van der Waals surface area contributed by atoms with Crippen molar-refractivity contribution >= 4 is 11.7 Å². The predicted molar refractivity (Wildman–Crippen MR) is 76.9 cm³/mol. The highest BCUT2D eigenvalue weighted by molar-refractivity contribution is 5.91. The Kier molecular flexibility index (Phi) is 4.87. The van der Waals surface area contributed by atoms with Gasteiger partial charge in [-0.2, -0.15) is 0 Å². The summed E-state index contributed by atoms with van der Waals surface area (Å²) in [6, 6.07) is 4.42. The maximum absolute atomic E-state index is 12.3. The molecule has 1 aliphatic heterocycles. The highest BCUT2D eigenvalue weighted by Crippen LogP contribution is 2.29. The number of carbonyl (C=O) groups is 1. The van der Waals surface area contributed by atoms with Gasteiger partial charge >= 0.3 is 6.03 Å². The number of nitrogens with one attached hydrogen (secondary N) is 1. The Bertz CT molecular complexity index is 508. The van der Waals surface area contributed by atoms with Crippen molar-refractivity contribution in [2.24, 2.45) is 0 Å². The van der Waals surface area contributed by atoms with Crippen LogP contribution in [0.4, 0.5) is 10.5 Å². The van der Waals surface area contributed by atoms with Crippen LogP contribution in [0.15, 0.2) is 18.2 Å². The van der Waals surface area contributed by atoms with Crippen molar-refractivity contribution in [3.8, 4) is 11.5 Å². The molecule has 0 unspecified atom stereocenters. The van der Waals surface area contributed by atoms with Crippen molar-refractivity contribution in [1.82, 2.24) is 4.90 Å². The number of ether oxygens (including phenoxy) is 3. The van der Waals surface area contributed by atoms with E-state index in [0.29, 0.717) is 23.8 Å². The van der Waals surface area contributed by atoms with Crippen LogP contribution < -0.4 is 14.8 Å². The second-order valence-electron chi connectivity index (χ2n) is 4.78. The van der Waals surface area contributed by atoms with Gasteiger partial charge in [0, 0.05) is 13.1 Å². The number of hydrogen-bond donors (Lipinski definition) is 2. The molecule has 1 aliphatic rings. The number of likely N-dealkylation sites (N-methyl/N-ethyl adjacent to an activating group) is 1. The number of aliphatic hydroxyl groups excluding tert-OH is 1. The lowest BCUT2D eigenvalue weighted by molar-refractivity contribution is 0.106. The van der Waals surface area contributed by atoms with E-state index in [0.717, 1.165) is 0 Å². The number of aliphatic hydroxyl groups is 1. The maximum atomic E-state index is 12.3. The molecule has 1 aromatic carbocycles. The standard InChI is InChI=1S/C14H20N2O5/c1-16(11-7-21-8-12(11)17)14(18)15-10-6-9(19-2)4-5-13(10)20-3/h4-6,11-12,17H,7-8H2,1-3H3,(H,15,18)/t11-,12-/m0/s1. The zero-order valence-corrected chi connectivity index (χ0v) is 12.3. The van der Waals surface area contributed by atoms with E-state index >= 15 is 0 Å². The second kappa shape index (κ2) is 6.64. The summed E-state index contributed by atoms with van der Waals surface area (Å²) in [5.41, 5.74) is 0.502. The number of amides is 2. The number of rotatable bonds is 4. The van der Waals surface area contributed by atoms with Gasteiger partial charge in [0.05, 0.1) is 45.3 Å². The summed E-state index contributed by atoms with van der Waals surface area (Å²) in [4.78, 5) is 13.7. The summed E-state index contributed by atoms with van der Waals surface area (Å²) in [6.07, 6.45) is -0.673. The van der Waals surface area contributed by atoms with Crippen LogP contribution in [0.1, 0.15) is 0 Å². The van der Waals surface area contributed by atoms with Gasteiger partial charge in [-0.15, -0.1) is 0 Å². The molecular weight excluding hydrogens is 276 g/mol. The molecule has 7 nitrogen and oxygen atoms in total. The van der Waals surface area contributed by atoms with Crippen molar-refractivity contribution in [3.63, 3.8) is 0 Å². The van der Waals surface area contributed by atoms with Crippen molar-refractivity contribution in [2.75, 3.05) is 39.8 Å². The number of methoxy groups -OCH3 is 2. The van der Waals surface area contributed by atoms with Gasteiger partial charge in [0.25, 0.3) is 0 Å². The molecule has 2 amide bonds. The Balaban J connectivity index is 2.11. The second-order valence-corrected chi connectivity index (χ2v) is 4.78. The Labute approximate surface area is 123 Å². The largest absolute Gasteiger partial charge is 0.497 e. The van der Waals surface area contributed by atoms with Crippen LogP contribution in [-0.4, -0.2) is 62.7 Å². The molecule has 1 fully saturated rings. The number of nitrogens with zero attached hydrogens (tertiary/aromatic N) is 1. The lowest BCUT2D eigenvalue weighted by Gasteiger charge is -2.26. The van der Waals surface area contributed by atoms with Crippen LogP contribution >= 0.6 is 0 Å². The van der Waals surface area contributed by atoms with E-state index < -0.39 is 6.10 Å². The molecule has 2 N–H and O–H groups in total. The molecule has 0 bridgehead atoms. The van der Waals surface area contributed by atoms with Gasteiger partial charge in [-0.1, -0.05) is 0 Å². The first-order chi connectivity index (χ1) is 10.1. The molecule has 21 heavy (non-hydrogen) atoms. The number of benzene rings is 1. The van der Waals surface area contributed by atoms with Gasteiger partial charge in [0.15, 0.2) is 0 Å². The van der Waals surface area contributed by atoms with Gasteiger partial charge in [-0.25, -0.2) is 4.79 Å². The minimum atomic E-state index is -0.673. The molecule has 0 spiro atoms. The normalized spacial score (nSPS) is 21.0. The SMILES string of the molecule is COc1ccc(OC)c(NC(=O)N(C)[C@H]2COC[C@@H]2O)c1. The molecule has 7 heteroatoms. The molecule has 0 radical (unpaired) electrons. The van der Waals surface area contributed by atoms with Gasteiger partial charge in [0.1, 0.15) is 11.5 Å². The van der Waals surface area contributed by atoms with Gasteiger partial charge in [-0.05, 0) is 12.1 Å². The highest BCUT2D eigenvalue weighted by Gasteiger charge is 2.32. The zero-order valence-electron chi connectivity index (χ0n) is 12.3. The summed E-state index contributed by atoms with van der Waals surface area (Å²) < 4.78 is 15.5. The molecule has 1 aromatic rings. The van der Waals surface area contributed by atoms with Crippen LogP contribution in [0.5, 0.6) is 11.5 Å². The molecule has 1 heterocycles. The molecule has 0 aromatic heterocycles. The summed E-state index contributed by atoms with van der Waals surface area (Å²) >= 11 is 0. The molecule has 2 rings (SSSR count). The van der Waals surface area contributed by atoms with E-state index in [4.69, 9.17) is 14.2 Å². The highest BCUT2D eigenvalue weighted by atomic mass is 16.5. The van der Waals surface area contributed by atoms with E-state index in [9.17, 15) is 9.90 Å². The molecule has 0 aliphatic carbocycles. The number of hydrogen-bond acceptors (Lipinski definition) is 5. The van der Waals surface area contributed by atoms with E-state index in [1.807, 2.05) is 0 Å². The van der Waals surface area contributed by atoms with E-state index in [2.05, 4.69) is 5.32 Å². The lowest BCUT2D eigenvalue weighted by atomic mass is 10.2. The van der Waals surface area contributed by atoms with E-state index in [-0.39, 0.29) is 18.7 Å². The molecular formula is C14H20N2O5. The van der Waals surface area contributed by atoms with Crippen molar-refractivity contribution in [1.29, 1.82) is 0 Å². The number of carbonyl (C=O) groups excluding carboxylic acids is 1. The molecule has 1 saturated heterocycles. The lowest BCUT2D eigenvalue weighted by Crippen LogP contribution is -2.45. The summed E-state index contributed by atoms with van der Waals surface area (Å²) in [5, 5.41) is 12.5. The average Bonchev–Trinajstić information content (AvgIpc) is 2.92. The van der Waals surface area contributed by atoms with E-state index in [1.54, 1.807) is 32.4 Å². The fraction of sp³-hybridized carbons (Fsp3) is 0.500. The fourth-order valence-corrected chi connectivity index (χ4v) is 2.17. The quantitative estimate of drug-likeness (QED) is 0.864. The smallest absolute Gasteiger partial charge is 0.322 e. The Morgan fingerprint density at radius 3 is 2.71 bits per heavy atom. The topological polar surface area (TPSA) is 80.3 Å². The van der Waals surface area contributed by atoms with Gasteiger partial charge in [0.2, 0.25) is 0 Å². The fourth-order valence-electron chi connectivity index (χ4n) is 2.17. The van der Waals surface area contributed by atoms with Gasteiger partial charge < -0.3 is 29.5 Å². The average molecular weight is 296 g/mol. The van der Waals surface area contributed by atoms with Crippen LogP contribution in [-0.2, 0) is 4.74 Å². The van der Waals surface area contributed by atoms with Crippen LogP contribution in [0.3, 0.4) is 0 Å². The third-order valence-corrected chi connectivity index (χ3v) is 3.49. The zero-order chi connectivity index (χ0) is 15.4. The first-order valence-corrected chi connectivity index (χ1v) is 6.58. The van der Waals surface area contributed by atoms with Gasteiger partial charge in [-0.3, -0.25) is 0 Å². The first kappa shape index (κ1) is 15.4. The summed E-state index contributed by atoms with van der Waals surface area (Å²) in [5.74, 6) is 1.14. The van der Waals surface area contributed by atoms with E-state index in [1.165, 1.54) is 12.0 Å². The summed E-state index contributed by atoms with van der Waals surface area (Å²) in [7, 11) is 4.69. The van der Waals surface area contributed by atoms with Crippen LogP contribution in [0, 0.1) is 0 Å². The first-order valence-electron chi connectivity index (χ1n) is 6.58. The predicted octanol–water partition coefficient (Wildman–Crippen LogP) is 0.927.